The second-order valence-electron chi connectivity index (χ2n) is 5.14. The van der Waals surface area contributed by atoms with Crippen molar-refractivity contribution in [3.8, 4) is 0 Å². The monoisotopic (exact) mass is 249 g/mol. The van der Waals surface area contributed by atoms with Crippen LogP contribution in [0.25, 0.3) is 5.65 Å². The summed E-state index contributed by atoms with van der Waals surface area (Å²) in [5.41, 5.74) is 0.355. The fraction of sp³-hybridized carbons (Fsp3) is 0.417. The van der Waals surface area contributed by atoms with Gasteiger partial charge in [0.25, 0.3) is 0 Å². The van der Waals surface area contributed by atoms with Crippen molar-refractivity contribution in [1.82, 2.24) is 14.6 Å². The molecule has 0 radical (unpaired) electrons. The van der Waals surface area contributed by atoms with E-state index >= 15 is 0 Å². The molecule has 0 fully saturated rings. The summed E-state index contributed by atoms with van der Waals surface area (Å²) >= 11 is 0. The van der Waals surface area contributed by atoms with Crippen LogP contribution >= 0.6 is 0 Å². The van der Waals surface area contributed by atoms with Crippen molar-refractivity contribution in [3.63, 3.8) is 0 Å². The maximum absolute atomic E-state index is 12.1. The predicted octanol–water partition coefficient (Wildman–Crippen LogP) is 1.29. The van der Waals surface area contributed by atoms with Gasteiger partial charge in [0.1, 0.15) is 11.3 Å². The van der Waals surface area contributed by atoms with Gasteiger partial charge in [0.05, 0.1) is 0 Å². The van der Waals surface area contributed by atoms with Crippen LogP contribution in [0.1, 0.15) is 36.8 Å². The number of aromatic amines is 1. The van der Waals surface area contributed by atoms with E-state index in [4.69, 9.17) is 4.74 Å². The number of H-pyrrole nitrogens is 1. The Balaban J connectivity index is 2.59. The number of aromatic nitrogens is 3. The third kappa shape index (κ3) is 2.27. The molecular weight excluding hydrogens is 234 g/mol. The van der Waals surface area contributed by atoms with Gasteiger partial charge in [0, 0.05) is 0 Å². The molecule has 0 spiro atoms. The fourth-order valence-corrected chi connectivity index (χ4v) is 1.64. The van der Waals surface area contributed by atoms with Crippen molar-refractivity contribution >= 4 is 11.6 Å². The molecule has 0 atom stereocenters. The minimum atomic E-state index is -0.611. The average Bonchev–Trinajstić information content (AvgIpc) is 2.56. The summed E-state index contributed by atoms with van der Waals surface area (Å²) in [7, 11) is 0. The molecule has 6 heteroatoms. The summed E-state index contributed by atoms with van der Waals surface area (Å²) in [5.74, 6) is -0.542. The minimum Gasteiger partial charge on any atom is -0.455 e. The van der Waals surface area contributed by atoms with E-state index in [0.29, 0.717) is 5.65 Å². The van der Waals surface area contributed by atoms with Gasteiger partial charge in [-0.1, -0.05) is 0 Å². The second-order valence-corrected chi connectivity index (χ2v) is 5.14. The lowest BCUT2D eigenvalue weighted by molar-refractivity contribution is 0.00606. The van der Waals surface area contributed by atoms with Crippen molar-refractivity contribution < 1.29 is 9.53 Å². The minimum absolute atomic E-state index is 0.179. The number of pyridine rings is 1. The van der Waals surface area contributed by atoms with Crippen molar-refractivity contribution in [2.45, 2.75) is 33.3 Å². The number of hydrogen-bond donors (Lipinski definition) is 1. The van der Waals surface area contributed by atoms with Crippen LogP contribution in [0, 0.1) is 6.92 Å². The molecule has 1 N–H and O–H groups in total. The maximum atomic E-state index is 12.1. The predicted molar refractivity (Wildman–Crippen MR) is 65.7 cm³/mol. The molecule has 2 aromatic heterocycles. The molecule has 0 amide bonds. The lowest BCUT2D eigenvalue weighted by atomic mass is 10.2. The smallest absolute Gasteiger partial charge is 0.356 e. The highest BCUT2D eigenvalue weighted by atomic mass is 16.6. The highest BCUT2D eigenvalue weighted by molar-refractivity contribution is 5.89. The Kier molecular flexibility index (Phi) is 2.73. The van der Waals surface area contributed by atoms with Crippen molar-refractivity contribution in [1.29, 1.82) is 0 Å². The van der Waals surface area contributed by atoms with Crippen molar-refractivity contribution in [2.24, 2.45) is 0 Å². The molecule has 6 nitrogen and oxygen atoms in total. The molecule has 0 saturated carbocycles. The van der Waals surface area contributed by atoms with E-state index in [1.165, 1.54) is 4.40 Å². The maximum Gasteiger partial charge on any atom is 0.356 e. The SMILES string of the molecule is Cc1cc(C(=O)OC(C)(C)C)n2c(=O)[nH]nc2c1. The van der Waals surface area contributed by atoms with Crippen molar-refractivity contribution in [2.75, 3.05) is 0 Å². The Hall–Kier alpha value is -2.11. The van der Waals surface area contributed by atoms with Crippen LogP contribution in [0.5, 0.6) is 0 Å². The number of nitrogens with zero attached hydrogens (tertiary/aromatic N) is 2. The normalized spacial score (nSPS) is 11.8. The fourth-order valence-electron chi connectivity index (χ4n) is 1.64. The highest BCUT2D eigenvalue weighted by Crippen LogP contribution is 2.13. The number of aryl methyl sites for hydroxylation is 1. The Morgan fingerprint density at radius 2 is 2.06 bits per heavy atom. The topological polar surface area (TPSA) is 76.5 Å². The Morgan fingerprint density at radius 3 is 2.67 bits per heavy atom. The first-order valence-electron chi connectivity index (χ1n) is 5.59. The molecule has 2 aromatic rings. The van der Waals surface area contributed by atoms with E-state index in [9.17, 15) is 9.59 Å². The van der Waals surface area contributed by atoms with Crippen LogP contribution in [0.3, 0.4) is 0 Å². The van der Waals surface area contributed by atoms with E-state index in [0.717, 1.165) is 5.56 Å². The summed E-state index contributed by atoms with van der Waals surface area (Å²) in [5, 5.41) is 6.15. The van der Waals surface area contributed by atoms with E-state index in [-0.39, 0.29) is 5.69 Å². The summed E-state index contributed by atoms with van der Waals surface area (Å²) < 4.78 is 6.48. The van der Waals surface area contributed by atoms with Crippen LogP contribution in [0.4, 0.5) is 0 Å². The Labute approximate surface area is 104 Å². The molecule has 0 unspecified atom stereocenters. The summed E-state index contributed by atoms with van der Waals surface area (Å²) in [6, 6.07) is 3.32. The van der Waals surface area contributed by atoms with Gasteiger partial charge >= 0.3 is 11.7 Å². The third-order valence-corrected chi connectivity index (χ3v) is 2.27. The van der Waals surface area contributed by atoms with Gasteiger partial charge < -0.3 is 4.74 Å². The van der Waals surface area contributed by atoms with E-state index < -0.39 is 17.3 Å². The van der Waals surface area contributed by atoms with Crippen LogP contribution in [-0.2, 0) is 4.74 Å². The standard InChI is InChI=1S/C12H15N3O3/c1-7-5-8(10(16)18-12(2,3)4)15-9(6-7)13-14-11(15)17/h5-6H,1-4H3,(H,14,17). The number of rotatable bonds is 1. The number of fused-ring (bicyclic) bond motifs is 1. The summed E-state index contributed by atoms with van der Waals surface area (Å²) in [4.78, 5) is 23.7. The number of esters is 1. The van der Waals surface area contributed by atoms with Crippen LogP contribution < -0.4 is 5.69 Å². The molecule has 2 rings (SSSR count). The lowest BCUT2D eigenvalue weighted by Gasteiger charge is -2.19. The molecule has 0 aliphatic carbocycles. The zero-order chi connectivity index (χ0) is 13.5. The quantitative estimate of drug-likeness (QED) is 0.772. The number of carbonyl (C=O) groups is 1. The zero-order valence-corrected chi connectivity index (χ0v) is 10.8. The molecule has 18 heavy (non-hydrogen) atoms. The molecule has 0 bridgehead atoms. The molecule has 96 valence electrons. The number of ether oxygens (including phenoxy) is 1. The first kappa shape index (κ1) is 12.3. The van der Waals surface area contributed by atoms with Gasteiger partial charge in [-0.3, -0.25) is 0 Å². The molecule has 0 aliphatic heterocycles. The first-order chi connectivity index (χ1) is 8.28. The Bertz CT molecular complexity index is 661. The van der Waals surface area contributed by atoms with Gasteiger partial charge in [-0.15, -0.1) is 0 Å². The number of hydrogen-bond acceptors (Lipinski definition) is 4. The highest BCUT2D eigenvalue weighted by Gasteiger charge is 2.21. The van der Waals surface area contributed by atoms with Gasteiger partial charge in [-0.25, -0.2) is 19.1 Å². The lowest BCUT2D eigenvalue weighted by Crippen LogP contribution is -2.27. The number of carbonyl (C=O) groups excluding carboxylic acids is 1. The Morgan fingerprint density at radius 1 is 1.39 bits per heavy atom. The summed E-state index contributed by atoms with van der Waals surface area (Å²) in [6.07, 6.45) is 0. The van der Waals surface area contributed by atoms with Crippen LogP contribution in [0.15, 0.2) is 16.9 Å². The van der Waals surface area contributed by atoms with E-state index in [1.54, 1.807) is 32.9 Å². The number of nitrogens with one attached hydrogen (secondary N) is 1. The van der Waals surface area contributed by atoms with Gasteiger partial charge in [-0.2, -0.15) is 5.10 Å². The molecule has 2 heterocycles. The third-order valence-electron chi connectivity index (χ3n) is 2.27. The molecule has 0 saturated heterocycles. The molecule has 0 aliphatic rings. The summed E-state index contributed by atoms with van der Waals surface area (Å²) in [6.45, 7) is 7.15. The van der Waals surface area contributed by atoms with Crippen LogP contribution in [0.2, 0.25) is 0 Å². The van der Waals surface area contributed by atoms with Gasteiger partial charge in [0.2, 0.25) is 0 Å². The van der Waals surface area contributed by atoms with Gasteiger partial charge in [-0.05, 0) is 45.4 Å². The van der Waals surface area contributed by atoms with Crippen LogP contribution in [-0.4, -0.2) is 26.2 Å². The zero-order valence-electron chi connectivity index (χ0n) is 10.8. The van der Waals surface area contributed by atoms with Crippen molar-refractivity contribution in [3.05, 3.63) is 33.9 Å². The molecular formula is C12H15N3O3. The average molecular weight is 249 g/mol. The first-order valence-corrected chi connectivity index (χ1v) is 5.59. The van der Waals surface area contributed by atoms with E-state index in [2.05, 4.69) is 10.2 Å². The molecule has 0 aromatic carbocycles. The van der Waals surface area contributed by atoms with E-state index in [1.807, 2.05) is 6.92 Å². The largest absolute Gasteiger partial charge is 0.455 e. The van der Waals surface area contributed by atoms with Gasteiger partial charge in [0.15, 0.2) is 5.65 Å². The second kappa shape index (κ2) is 3.97.